The van der Waals surface area contributed by atoms with Crippen LogP contribution in [-0.2, 0) is 5.60 Å². The maximum absolute atomic E-state index is 10.5. The highest BCUT2D eigenvalue weighted by Gasteiger charge is 2.33. The van der Waals surface area contributed by atoms with Gasteiger partial charge in [0.1, 0.15) is 0 Å². The maximum Gasteiger partial charge on any atom is 0.0992 e. The van der Waals surface area contributed by atoms with Crippen molar-refractivity contribution in [3.05, 3.63) is 35.9 Å². The Morgan fingerprint density at radius 2 is 1.89 bits per heavy atom. The number of hydrogen-bond acceptors (Lipinski definition) is 3. The van der Waals surface area contributed by atoms with Gasteiger partial charge in [-0.15, -0.1) is 0 Å². The van der Waals surface area contributed by atoms with Gasteiger partial charge in [0.25, 0.3) is 0 Å². The zero-order valence-corrected chi connectivity index (χ0v) is 12.8. The fourth-order valence-electron chi connectivity index (χ4n) is 2.91. The van der Waals surface area contributed by atoms with E-state index in [1.165, 1.54) is 25.7 Å². The van der Waals surface area contributed by atoms with Crippen molar-refractivity contribution in [2.75, 3.05) is 19.3 Å². The predicted octanol–water partition coefficient (Wildman–Crippen LogP) is 3.16. The Balaban J connectivity index is 1.88. The van der Waals surface area contributed by atoms with Gasteiger partial charge in [0, 0.05) is 17.8 Å². The zero-order chi connectivity index (χ0) is 13.8. The standard InChI is InChI=1S/C16H25NOS/c1-15(18,14-8-4-3-5-9-14)12-17-13-16(19-2)10-6-7-11-16/h3-5,8-9,17-18H,6-7,10-13H2,1-2H3. The summed E-state index contributed by atoms with van der Waals surface area (Å²) in [6, 6.07) is 9.91. The van der Waals surface area contributed by atoms with Crippen LogP contribution in [0.3, 0.4) is 0 Å². The Morgan fingerprint density at radius 1 is 1.26 bits per heavy atom. The van der Waals surface area contributed by atoms with Crippen molar-refractivity contribution in [3.8, 4) is 0 Å². The van der Waals surface area contributed by atoms with Gasteiger partial charge in [-0.05, 0) is 31.6 Å². The third kappa shape index (κ3) is 3.74. The molecule has 2 rings (SSSR count). The van der Waals surface area contributed by atoms with Gasteiger partial charge in [-0.3, -0.25) is 0 Å². The molecule has 106 valence electrons. The number of nitrogens with one attached hydrogen (secondary N) is 1. The smallest absolute Gasteiger partial charge is 0.0992 e. The van der Waals surface area contributed by atoms with Crippen LogP contribution in [0, 0.1) is 0 Å². The van der Waals surface area contributed by atoms with E-state index in [1.54, 1.807) is 0 Å². The molecule has 0 spiro atoms. The minimum absolute atomic E-state index is 0.396. The summed E-state index contributed by atoms with van der Waals surface area (Å²) in [5, 5.41) is 14.0. The monoisotopic (exact) mass is 279 g/mol. The number of hydrogen-bond donors (Lipinski definition) is 2. The molecule has 1 aromatic rings. The van der Waals surface area contributed by atoms with E-state index in [9.17, 15) is 5.11 Å². The van der Waals surface area contributed by atoms with Crippen molar-refractivity contribution in [1.29, 1.82) is 0 Å². The summed E-state index contributed by atoms with van der Waals surface area (Å²) >= 11 is 1.98. The molecule has 1 unspecified atom stereocenters. The molecule has 0 radical (unpaired) electrons. The topological polar surface area (TPSA) is 32.3 Å². The molecule has 2 N–H and O–H groups in total. The van der Waals surface area contributed by atoms with Gasteiger partial charge in [-0.2, -0.15) is 11.8 Å². The Kier molecular flexibility index (Phi) is 4.93. The summed E-state index contributed by atoms with van der Waals surface area (Å²) in [5.74, 6) is 0. The van der Waals surface area contributed by atoms with Crippen LogP contribution in [0.4, 0.5) is 0 Å². The van der Waals surface area contributed by atoms with E-state index in [0.717, 1.165) is 12.1 Å². The Labute approximate surface area is 121 Å². The highest BCUT2D eigenvalue weighted by Crippen LogP contribution is 2.39. The summed E-state index contributed by atoms with van der Waals surface area (Å²) in [4.78, 5) is 0. The van der Waals surface area contributed by atoms with Crippen LogP contribution in [0.5, 0.6) is 0 Å². The lowest BCUT2D eigenvalue weighted by Gasteiger charge is -2.30. The summed E-state index contributed by atoms with van der Waals surface area (Å²) in [7, 11) is 0. The van der Waals surface area contributed by atoms with E-state index < -0.39 is 5.60 Å². The Bertz CT molecular complexity index is 385. The Morgan fingerprint density at radius 3 is 2.47 bits per heavy atom. The first kappa shape index (κ1) is 14.9. The lowest BCUT2D eigenvalue weighted by molar-refractivity contribution is 0.0565. The van der Waals surface area contributed by atoms with E-state index in [-0.39, 0.29) is 0 Å². The number of aliphatic hydroxyl groups is 1. The molecule has 19 heavy (non-hydrogen) atoms. The molecule has 0 saturated heterocycles. The van der Waals surface area contributed by atoms with E-state index in [1.807, 2.05) is 49.0 Å². The van der Waals surface area contributed by atoms with Gasteiger partial charge in [0.05, 0.1) is 5.60 Å². The molecule has 0 heterocycles. The van der Waals surface area contributed by atoms with Crippen molar-refractivity contribution in [2.24, 2.45) is 0 Å². The van der Waals surface area contributed by atoms with Crippen LogP contribution in [0.25, 0.3) is 0 Å². The van der Waals surface area contributed by atoms with E-state index in [0.29, 0.717) is 11.3 Å². The lowest BCUT2D eigenvalue weighted by Crippen LogP contribution is -2.42. The minimum Gasteiger partial charge on any atom is -0.384 e. The molecule has 2 nitrogen and oxygen atoms in total. The molecule has 1 aliphatic rings. The SMILES string of the molecule is CSC1(CNCC(C)(O)c2ccccc2)CCCC1. The quantitative estimate of drug-likeness (QED) is 0.839. The summed E-state index contributed by atoms with van der Waals surface area (Å²) < 4.78 is 0.396. The molecular weight excluding hydrogens is 254 g/mol. The van der Waals surface area contributed by atoms with Gasteiger partial charge >= 0.3 is 0 Å². The number of rotatable bonds is 6. The van der Waals surface area contributed by atoms with E-state index in [4.69, 9.17) is 0 Å². The average molecular weight is 279 g/mol. The van der Waals surface area contributed by atoms with Crippen molar-refractivity contribution in [2.45, 2.75) is 43.0 Å². The second-order valence-electron chi connectivity index (χ2n) is 5.84. The highest BCUT2D eigenvalue weighted by molar-refractivity contribution is 8.00. The van der Waals surface area contributed by atoms with Gasteiger partial charge < -0.3 is 10.4 Å². The van der Waals surface area contributed by atoms with Crippen LogP contribution in [0.15, 0.2) is 30.3 Å². The van der Waals surface area contributed by atoms with Crippen molar-refractivity contribution >= 4 is 11.8 Å². The van der Waals surface area contributed by atoms with Gasteiger partial charge in [-0.1, -0.05) is 43.2 Å². The second kappa shape index (κ2) is 6.29. The third-order valence-electron chi connectivity index (χ3n) is 4.26. The molecule has 0 bridgehead atoms. The molecule has 0 aliphatic heterocycles. The fraction of sp³-hybridized carbons (Fsp3) is 0.625. The molecule has 3 heteroatoms. The van der Waals surface area contributed by atoms with Gasteiger partial charge in [0.2, 0.25) is 0 Å². The fourth-order valence-corrected chi connectivity index (χ4v) is 3.85. The first-order chi connectivity index (χ1) is 9.08. The molecule has 0 aromatic heterocycles. The zero-order valence-electron chi connectivity index (χ0n) is 12.0. The third-order valence-corrected chi connectivity index (χ3v) is 5.68. The van der Waals surface area contributed by atoms with Crippen LogP contribution in [-0.4, -0.2) is 29.2 Å². The Hall–Kier alpha value is -0.510. The van der Waals surface area contributed by atoms with Gasteiger partial charge in [0.15, 0.2) is 0 Å². The largest absolute Gasteiger partial charge is 0.384 e. The molecule has 1 fully saturated rings. The molecule has 1 aromatic carbocycles. The average Bonchev–Trinajstić information content (AvgIpc) is 2.89. The molecule has 0 amide bonds. The summed E-state index contributed by atoms with van der Waals surface area (Å²) in [6.45, 7) is 3.49. The molecule has 1 aliphatic carbocycles. The van der Waals surface area contributed by atoms with Crippen LogP contribution < -0.4 is 5.32 Å². The van der Waals surface area contributed by atoms with E-state index in [2.05, 4.69) is 11.6 Å². The second-order valence-corrected chi connectivity index (χ2v) is 7.11. The summed E-state index contributed by atoms with van der Waals surface area (Å²) in [6.07, 6.45) is 7.50. The van der Waals surface area contributed by atoms with Crippen LogP contribution in [0.1, 0.15) is 38.2 Å². The molecular formula is C16H25NOS. The maximum atomic E-state index is 10.5. The summed E-state index contributed by atoms with van der Waals surface area (Å²) in [5.41, 5.74) is 0.187. The predicted molar refractivity (Wildman–Crippen MR) is 83.6 cm³/mol. The van der Waals surface area contributed by atoms with Crippen LogP contribution >= 0.6 is 11.8 Å². The molecule has 1 saturated carbocycles. The van der Waals surface area contributed by atoms with Crippen molar-refractivity contribution in [1.82, 2.24) is 5.32 Å². The highest BCUT2D eigenvalue weighted by atomic mass is 32.2. The lowest BCUT2D eigenvalue weighted by atomic mass is 9.96. The molecule has 1 atom stereocenters. The first-order valence-corrected chi connectivity index (χ1v) is 8.34. The first-order valence-electron chi connectivity index (χ1n) is 7.12. The van der Waals surface area contributed by atoms with Gasteiger partial charge in [-0.25, -0.2) is 0 Å². The number of thioether (sulfide) groups is 1. The normalized spacial score (nSPS) is 21.2. The van der Waals surface area contributed by atoms with Crippen molar-refractivity contribution < 1.29 is 5.11 Å². The number of benzene rings is 1. The minimum atomic E-state index is -0.792. The van der Waals surface area contributed by atoms with Crippen molar-refractivity contribution in [3.63, 3.8) is 0 Å². The van der Waals surface area contributed by atoms with E-state index >= 15 is 0 Å². The van der Waals surface area contributed by atoms with Crippen LogP contribution in [0.2, 0.25) is 0 Å².